The van der Waals surface area contributed by atoms with Crippen LogP contribution in [0.5, 0.6) is 0 Å². The smallest absolute Gasteiger partial charge is 0.0637 e. The van der Waals surface area contributed by atoms with Crippen molar-refractivity contribution in [3.63, 3.8) is 0 Å². The molecule has 1 unspecified atom stereocenters. The number of rotatable bonds is 3. The average molecular weight is 375 g/mol. The van der Waals surface area contributed by atoms with Crippen molar-refractivity contribution in [3.05, 3.63) is 62.8 Å². The Hall–Kier alpha value is -0.380. The maximum Gasteiger partial charge on any atom is 0.0637 e. The highest BCUT2D eigenvalue weighted by Crippen LogP contribution is 2.32. The first-order chi connectivity index (χ1) is 8.16. The predicted molar refractivity (Wildman–Crippen MR) is 78.4 cm³/mol. The van der Waals surface area contributed by atoms with Crippen molar-refractivity contribution in [1.29, 1.82) is 0 Å². The van der Waals surface area contributed by atoms with Crippen molar-refractivity contribution in [2.24, 2.45) is 0 Å². The van der Waals surface area contributed by atoms with Gasteiger partial charge in [0.05, 0.1) is 5.38 Å². The monoisotopic (exact) mass is 373 g/mol. The summed E-state index contributed by atoms with van der Waals surface area (Å²) in [6.45, 7) is 0. The van der Waals surface area contributed by atoms with E-state index < -0.39 is 0 Å². The Morgan fingerprint density at radius 1 is 1.12 bits per heavy atom. The zero-order valence-corrected chi connectivity index (χ0v) is 12.8. The molecule has 1 heterocycles. The second-order valence-electron chi connectivity index (χ2n) is 3.69. The molecule has 0 radical (unpaired) electrons. The Bertz CT molecular complexity index is 502. The number of alkyl halides is 1. The Balaban J connectivity index is 2.20. The van der Waals surface area contributed by atoms with Gasteiger partial charge in [0.15, 0.2) is 0 Å². The summed E-state index contributed by atoms with van der Waals surface area (Å²) in [6.07, 6.45) is 4.36. The molecule has 0 aliphatic rings. The van der Waals surface area contributed by atoms with E-state index in [4.69, 9.17) is 11.6 Å². The van der Waals surface area contributed by atoms with Crippen LogP contribution in [-0.4, -0.2) is 4.98 Å². The highest BCUT2D eigenvalue weighted by Gasteiger charge is 2.12. The first-order valence-electron chi connectivity index (χ1n) is 5.15. The Kier molecular flexibility index (Phi) is 4.60. The van der Waals surface area contributed by atoms with Crippen molar-refractivity contribution in [3.8, 4) is 0 Å². The third-order valence-electron chi connectivity index (χ3n) is 2.46. The largest absolute Gasteiger partial charge is 0.265 e. The highest BCUT2D eigenvalue weighted by molar-refractivity contribution is 9.11. The molecule has 4 heteroatoms. The van der Waals surface area contributed by atoms with Gasteiger partial charge in [-0.25, -0.2) is 0 Å². The summed E-state index contributed by atoms with van der Waals surface area (Å²) in [6, 6.07) is 10.0. The summed E-state index contributed by atoms with van der Waals surface area (Å²) in [5.74, 6) is 0. The zero-order valence-electron chi connectivity index (χ0n) is 8.91. The molecule has 2 aromatic rings. The predicted octanol–water partition coefficient (Wildman–Crippen LogP) is 5.13. The van der Waals surface area contributed by atoms with E-state index in [2.05, 4.69) is 36.8 Å². The zero-order chi connectivity index (χ0) is 12.3. The fourth-order valence-corrected chi connectivity index (χ4v) is 2.98. The number of hydrogen-bond donors (Lipinski definition) is 0. The fraction of sp³-hybridized carbons (Fsp3) is 0.154. The van der Waals surface area contributed by atoms with Gasteiger partial charge in [0.2, 0.25) is 0 Å². The van der Waals surface area contributed by atoms with E-state index in [1.54, 1.807) is 12.4 Å². The SMILES string of the molecule is ClC(Cc1ccncc1)c1cc(Br)ccc1Br. The van der Waals surface area contributed by atoms with E-state index in [9.17, 15) is 0 Å². The van der Waals surface area contributed by atoms with Gasteiger partial charge in [0, 0.05) is 21.3 Å². The van der Waals surface area contributed by atoms with Gasteiger partial charge in [-0.15, -0.1) is 11.6 Å². The van der Waals surface area contributed by atoms with Crippen molar-refractivity contribution in [2.45, 2.75) is 11.8 Å². The lowest BCUT2D eigenvalue weighted by atomic mass is 10.1. The summed E-state index contributed by atoms with van der Waals surface area (Å²) in [5.41, 5.74) is 2.28. The lowest BCUT2D eigenvalue weighted by Gasteiger charge is -2.12. The topological polar surface area (TPSA) is 12.9 Å². The maximum absolute atomic E-state index is 6.45. The van der Waals surface area contributed by atoms with E-state index in [1.165, 1.54) is 5.56 Å². The van der Waals surface area contributed by atoms with Gasteiger partial charge in [-0.3, -0.25) is 4.98 Å². The van der Waals surface area contributed by atoms with Crippen molar-refractivity contribution < 1.29 is 0 Å². The van der Waals surface area contributed by atoms with Crippen LogP contribution in [0, 0.1) is 0 Å². The van der Waals surface area contributed by atoms with E-state index in [0.29, 0.717) is 0 Å². The van der Waals surface area contributed by atoms with Gasteiger partial charge in [0.1, 0.15) is 0 Å². The molecule has 0 bridgehead atoms. The van der Waals surface area contributed by atoms with Crippen molar-refractivity contribution in [1.82, 2.24) is 4.98 Å². The van der Waals surface area contributed by atoms with Crippen molar-refractivity contribution in [2.75, 3.05) is 0 Å². The summed E-state index contributed by atoms with van der Waals surface area (Å²) in [7, 11) is 0. The van der Waals surface area contributed by atoms with Crippen molar-refractivity contribution >= 4 is 43.5 Å². The molecule has 0 N–H and O–H groups in total. The minimum absolute atomic E-state index is 0.0516. The lowest BCUT2D eigenvalue weighted by molar-refractivity contribution is 0.910. The number of nitrogens with zero attached hydrogens (tertiary/aromatic N) is 1. The maximum atomic E-state index is 6.45. The fourth-order valence-electron chi connectivity index (χ4n) is 1.59. The van der Waals surface area contributed by atoms with Crippen LogP contribution in [0.25, 0.3) is 0 Å². The molecule has 0 aliphatic carbocycles. The molecule has 0 fully saturated rings. The third kappa shape index (κ3) is 3.54. The Morgan fingerprint density at radius 3 is 2.53 bits per heavy atom. The molecule has 1 nitrogen and oxygen atoms in total. The molecular formula is C13H10Br2ClN. The molecule has 0 amide bonds. The number of benzene rings is 1. The normalized spacial score (nSPS) is 12.4. The minimum atomic E-state index is -0.0516. The van der Waals surface area contributed by atoms with Crippen LogP contribution in [-0.2, 0) is 6.42 Å². The van der Waals surface area contributed by atoms with E-state index in [0.717, 1.165) is 20.9 Å². The summed E-state index contributed by atoms with van der Waals surface area (Å²) < 4.78 is 2.07. The molecule has 0 spiro atoms. The first kappa shape index (κ1) is 13.1. The van der Waals surface area contributed by atoms with Crippen LogP contribution in [0.15, 0.2) is 51.7 Å². The van der Waals surface area contributed by atoms with Gasteiger partial charge in [-0.2, -0.15) is 0 Å². The van der Waals surface area contributed by atoms with E-state index >= 15 is 0 Å². The van der Waals surface area contributed by atoms with Crippen LogP contribution in [0.2, 0.25) is 0 Å². The summed E-state index contributed by atoms with van der Waals surface area (Å²) in [5, 5.41) is -0.0516. The molecule has 0 saturated heterocycles. The Labute approximate surface area is 122 Å². The second-order valence-corrected chi connectivity index (χ2v) is 5.99. The molecule has 88 valence electrons. The van der Waals surface area contributed by atoms with Gasteiger partial charge < -0.3 is 0 Å². The quantitative estimate of drug-likeness (QED) is 0.678. The third-order valence-corrected chi connectivity index (χ3v) is 4.06. The van der Waals surface area contributed by atoms with Gasteiger partial charge in [0.25, 0.3) is 0 Å². The molecule has 1 aromatic carbocycles. The number of aromatic nitrogens is 1. The molecule has 1 aromatic heterocycles. The van der Waals surface area contributed by atoms with Gasteiger partial charge >= 0.3 is 0 Å². The highest BCUT2D eigenvalue weighted by atomic mass is 79.9. The van der Waals surface area contributed by atoms with Gasteiger partial charge in [-0.1, -0.05) is 31.9 Å². The summed E-state index contributed by atoms with van der Waals surface area (Å²) in [4.78, 5) is 4.00. The van der Waals surface area contributed by atoms with Gasteiger partial charge in [-0.05, 0) is 47.9 Å². The lowest BCUT2D eigenvalue weighted by Crippen LogP contribution is -1.97. The van der Waals surface area contributed by atoms with Crippen LogP contribution in [0.4, 0.5) is 0 Å². The van der Waals surface area contributed by atoms with Crippen LogP contribution >= 0.6 is 43.5 Å². The first-order valence-corrected chi connectivity index (χ1v) is 7.17. The summed E-state index contributed by atoms with van der Waals surface area (Å²) >= 11 is 13.4. The molecule has 0 saturated carbocycles. The minimum Gasteiger partial charge on any atom is -0.265 e. The van der Waals surface area contributed by atoms with Crippen LogP contribution < -0.4 is 0 Å². The Morgan fingerprint density at radius 2 is 1.82 bits per heavy atom. The number of pyridine rings is 1. The number of halogens is 3. The average Bonchev–Trinajstić information content (AvgIpc) is 2.33. The molecule has 17 heavy (non-hydrogen) atoms. The molecule has 1 atom stereocenters. The van der Waals surface area contributed by atoms with E-state index in [1.807, 2.05) is 30.3 Å². The van der Waals surface area contributed by atoms with Crippen LogP contribution in [0.1, 0.15) is 16.5 Å². The molecule has 2 rings (SSSR count). The molecule has 0 aliphatic heterocycles. The van der Waals surface area contributed by atoms with E-state index in [-0.39, 0.29) is 5.38 Å². The van der Waals surface area contributed by atoms with Crippen LogP contribution in [0.3, 0.4) is 0 Å². The standard InChI is InChI=1S/C13H10Br2ClN/c14-10-1-2-12(15)11(8-10)13(16)7-9-3-5-17-6-4-9/h1-6,8,13H,7H2. The number of hydrogen-bond acceptors (Lipinski definition) is 1. The second kappa shape index (κ2) is 5.98. The molecular weight excluding hydrogens is 365 g/mol.